The molecule has 0 unspecified atom stereocenters. The fourth-order valence-corrected chi connectivity index (χ4v) is 3.19. The van der Waals surface area contributed by atoms with E-state index in [0.29, 0.717) is 12.6 Å². The number of nitrogens with one attached hydrogen (secondary N) is 3. The Hall–Kier alpha value is -1.77. The Morgan fingerprint density at radius 1 is 1.23 bits per heavy atom. The van der Waals surface area contributed by atoms with Crippen molar-refractivity contribution in [2.24, 2.45) is 4.99 Å². The molecule has 3 rings (SSSR count). The molecule has 1 aliphatic heterocycles. The van der Waals surface area contributed by atoms with E-state index in [1.54, 1.807) is 7.05 Å². The average Bonchev–Trinajstić information content (AvgIpc) is 3.32. The predicted molar refractivity (Wildman–Crippen MR) is 117 cm³/mol. The molecule has 3 N–H and O–H groups in total. The monoisotopic (exact) mass is 469 g/mol. The minimum Gasteiger partial charge on any atom is -0.353 e. The molecule has 1 aliphatic carbocycles. The third-order valence-corrected chi connectivity index (χ3v) is 4.60. The van der Waals surface area contributed by atoms with Crippen LogP contribution in [-0.4, -0.2) is 43.1 Å². The zero-order chi connectivity index (χ0) is 17.5. The summed E-state index contributed by atoms with van der Waals surface area (Å²) in [5, 5.41) is 9.75. The van der Waals surface area contributed by atoms with E-state index in [1.165, 1.54) is 0 Å². The number of benzene rings is 1. The predicted octanol–water partition coefficient (Wildman–Crippen LogP) is 3.32. The van der Waals surface area contributed by atoms with Gasteiger partial charge in [-0.2, -0.15) is 0 Å². The van der Waals surface area contributed by atoms with Gasteiger partial charge >= 0.3 is 6.03 Å². The number of guanidine groups is 1. The molecule has 6 nitrogen and oxygen atoms in total. The van der Waals surface area contributed by atoms with Gasteiger partial charge in [-0.1, -0.05) is 24.3 Å². The van der Waals surface area contributed by atoms with Crippen LogP contribution in [0.15, 0.2) is 41.4 Å². The maximum Gasteiger partial charge on any atom is 0.321 e. The maximum absolute atomic E-state index is 12.2. The van der Waals surface area contributed by atoms with Gasteiger partial charge in [0.2, 0.25) is 0 Å². The lowest BCUT2D eigenvalue weighted by atomic mass is 10.2. The van der Waals surface area contributed by atoms with E-state index in [0.717, 1.165) is 56.0 Å². The summed E-state index contributed by atoms with van der Waals surface area (Å²) in [7, 11) is 1.78. The maximum atomic E-state index is 12.2. The summed E-state index contributed by atoms with van der Waals surface area (Å²) in [5.41, 5.74) is 1.94. The molecule has 7 heteroatoms. The molecule has 2 amide bonds. The summed E-state index contributed by atoms with van der Waals surface area (Å²) in [4.78, 5) is 18.3. The SMILES string of the molecule is CN=C(NCc1cccc(NC(=O)N2CCCC2)c1)NC1CC=CC1.I. The Labute approximate surface area is 172 Å². The molecule has 1 aromatic carbocycles. The normalized spacial score (nSPS) is 17.1. The molecule has 0 saturated carbocycles. The zero-order valence-corrected chi connectivity index (χ0v) is 17.5. The molecular weight excluding hydrogens is 441 g/mol. The fourth-order valence-electron chi connectivity index (χ4n) is 3.19. The third-order valence-electron chi connectivity index (χ3n) is 4.60. The van der Waals surface area contributed by atoms with Crippen molar-refractivity contribution in [3.8, 4) is 0 Å². The molecule has 0 atom stereocenters. The Bertz CT molecular complexity index is 647. The van der Waals surface area contributed by atoms with Gasteiger partial charge in [-0.25, -0.2) is 4.79 Å². The van der Waals surface area contributed by atoms with Crippen molar-refractivity contribution in [2.45, 2.75) is 38.3 Å². The fraction of sp³-hybridized carbons (Fsp3) is 0.474. The quantitative estimate of drug-likeness (QED) is 0.274. The van der Waals surface area contributed by atoms with Crippen LogP contribution in [0.1, 0.15) is 31.2 Å². The van der Waals surface area contributed by atoms with Gasteiger partial charge in [-0.05, 0) is 43.4 Å². The highest BCUT2D eigenvalue weighted by Crippen LogP contribution is 2.14. The number of halogens is 1. The zero-order valence-electron chi connectivity index (χ0n) is 15.2. The first kappa shape index (κ1) is 20.5. The molecule has 26 heavy (non-hydrogen) atoms. The average molecular weight is 469 g/mol. The molecule has 0 spiro atoms. The van der Waals surface area contributed by atoms with Crippen LogP contribution in [0, 0.1) is 0 Å². The van der Waals surface area contributed by atoms with Crippen LogP contribution >= 0.6 is 24.0 Å². The van der Waals surface area contributed by atoms with Crippen molar-refractivity contribution in [1.29, 1.82) is 0 Å². The first-order valence-corrected chi connectivity index (χ1v) is 9.01. The summed E-state index contributed by atoms with van der Waals surface area (Å²) < 4.78 is 0. The number of hydrogen-bond acceptors (Lipinski definition) is 2. The molecule has 1 fully saturated rings. The molecule has 1 heterocycles. The number of carbonyl (C=O) groups is 1. The van der Waals surface area contributed by atoms with Crippen molar-refractivity contribution in [3.05, 3.63) is 42.0 Å². The van der Waals surface area contributed by atoms with Crippen molar-refractivity contribution < 1.29 is 4.79 Å². The van der Waals surface area contributed by atoms with Crippen LogP contribution in [0.2, 0.25) is 0 Å². The van der Waals surface area contributed by atoms with Gasteiger partial charge in [0, 0.05) is 38.4 Å². The standard InChI is InChI=1S/C19H27N5O.HI/c1-20-18(22-16-8-2-3-9-16)21-14-15-7-6-10-17(13-15)23-19(25)24-11-4-5-12-24;/h2-3,6-7,10,13,16H,4-5,8-9,11-12,14H2,1H3,(H,23,25)(H2,20,21,22);1H. The highest BCUT2D eigenvalue weighted by molar-refractivity contribution is 14.0. The van der Waals surface area contributed by atoms with Crippen LogP contribution in [0.4, 0.5) is 10.5 Å². The summed E-state index contributed by atoms with van der Waals surface area (Å²) in [6.07, 6.45) is 8.66. The summed E-state index contributed by atoms with van der Waals surface area (Å²) in [6.45, 7) is 2.36. The highest BCUT2D eigenvalue weighted by Gasteiger charge is 2.17. The lowest BCUT2D eigenvalue weighted by molar-refractivity contribution is 0.222. The lowest BCUT2D eigenvalue weighted by Gasteiger charge is -2.18. The number of amides is 2. The Morgan fingerprint density at radius 3 is 2.65 bits per heavy atom. The van der Waals surface area contributed by atoms with Crippen LogP contribution in [0.5, 0.6) is 0 Å². The van der Waals surface area contributed by atoms with E-state index >= 15 is 0 Å². The van der Waals surface area contributed by atoms with Crippen molar-refractivity contribution in [2.75, 3.05) is 25.5 Å². The van der Waals surface area contributed by atoms with Gasteiger partial charge in [-0.15, -0.1) is 24.0 Å². The number of hydrogen-bond donors (Lipinski definition) is 3. The number of likely N-dealkylation sites (tertiary alicyclic amines) is 1. The van der Waals surface area contributed by atoms with Crippen molar-refractivity contribution in [1.82, 2.24) is 15.5 Å². The summed E-state index contributed by atoms with van der Waals surface area (Å²) in [5.74, 6) is 0.806. The van der Waals surface area contributed by atoms with Crippen molar-refractivity contribution >= 4 is 41.7 Å². The molecular formula is C19H28IN5O. The van der Waals surface area contributed by atoms with Gasteiger partial charge < -0.3 is 20.9 Å². The first-order valence-electron chi connectivity index (χ1n) is 9.01. The van der Waals surface area contributed by atoms with E-state index in [2.05, 4.69) is 33.1 Å². The van der Waals surface area contributed by atoms with Crippen LogP contribution in [0.3, 0.4) is 0 Å². The number of nitrogens with zero attached hydrogens (tertiary/aromatic N) is 2. The minimum absolute atomic E-state index is 0. The second-order valence-electron chi connectivity index (χ2n) is 6.53. The number of urea groups is 1. The molecule has 0 aromatic heterocycles. The van der Waals surface area contributed by atoms with Gasteiger partial charge in [0.05, 0.1) is 0 Å². The van der Waals surface area contributed by atoms with Gasteiger partial charge in [-0.3, -0.25) is 4.99 Å². The number of carbonyl (C=O) groups excluding carboxylic acids is 1. The van der Waals surface area contributed by atoms with E-state index in [9.17, 15) is 4.79 Å². The van der Waals surface area contributed by atoms with E-state index in [-0.39, 0.29) is 30.0 Å². The van der Waals surface area contributed by atoms with Crippen LogP contribution in [-0.2, 0) is 6.54 Å². The minimum atomic E-state index is -0.00572. The smallest absolute Gasteiger partial charge is 0.321 e. The highest BCUT2D eigenvalue weighted by atomic mass is 127. The molecule has 142 valence electrons. The lowest BCUT2D eigenvalue weighted by Crippen LogP contribution is -2.42. The summed E-state index contributed by atoms with van der Waals surface area (Å²) in [6, 6.07) is 8.36. The second-order valence-corrected chi connectivity index (χ2v) is 6.53. The molecule has 1 saturated heterocycles. The topological polar surface area (TPSA) is 68.8 Å². The molecule has 1 aromatic rings. The van der Waals surface area contributed by atoms with E-state index in [4.69, 9.17) is 0 Å². The summed E-state index contributed by atoms with van der Waals surface area (Å²) >= 11 is 0. The van der Waals surface area contributed by atoms with Crippen LogP contribution < -0.4 is 16.0 Å². The third kappa shape index (κ3) is 5.89. The van der Waals surface area contributed by atoms with Crippen LogP contribution in [0.25, 0.3) is 0 Å². The van der Waals surface area contributed by atoms with Gasteiger partial charge in [0.1, 0.15) is 0 Å². The first-order chi connectivity index (χ1) is 12.2. The Morgan fingerprint density at radius 2 is 1.96 bits per heavy atom. The van der Waals surface area contributed by atoms with Crippen molar-refractivity contribution in [3.63, 3.8) is 0 Å². The Kier molecular flexibility index (Phi) is 8.21. The van der Waals surface area contributed by atoms with Gasteiger partial charge in [0.25, 0.3) is 0 Å². The molecule has 2 aliphatic rings. The number of anilines is 1. The van der Waals surface area contributed by atoms with E-state index < -0.39 is 0 Å². The largest absolute Gasteiger partial charge is 0.353 e. The Balaban J connectivity index is 0.00000243. The van der Waals surface area contributed by atoms with Gasteiger partial charge in [0.15, 0.2) is 5.96 Å². The molecule has 0 bridgehead atoms. The van der Waals surface area contributed by atoms with E-state index in [1.807, 2.05) is 29.2 Å². The second kappa shape index (κ2) is 10.4. The number of rotatable bonds is 4. The number of aliphatic imine (C=N–C) groups is 1. The molecule has 0 radical (unpaired) electrons.